The van der Waals surface area contributed by atoms with Gasteiger partial charge in [-0.3, -0.25) is 4.90 Å². The fourth-order valence-corrected chi connectivity index (χ4v) is 3.04. The molecule has 0 radical (unpaired) electrons. The van der Waals surface area contributed by atoms with Crippen molar-refractivity contribution in [3.63, 3.8) is 0 Å². The van der Waals surface area contributed by atoms with E-state index in [1.54, 1.807) is 5.56 Å². The van der Waals surface area contributed by atoms with Crippen LogP contribution in [0.5, 0.6) is 0 Å². The highest BCUT2D eigenvalue weighted by atomic mass is 15.1. The molecule has 18 heavy (non-hydrogen) atoms. The Morgan fingerprint density at radius 3 is 2.67 bits per heavy atom. The molecule has 1 aromatic rings. The molecule has 1 heterocycles. The van der Waals surface area contributed by atoms with E-state index in [0.717, 1.165) is 13.1 Å². The Kier molecular flexibility index (Phi) is 4.41. The Labute approximate surface area is 111 Å². The first-order valence-electron chi connectivity index (χ1n) is 7.04. The molecule has 0 spiro atoms. The lowest BCUT2D eigenvalue weighted by atomic mass is 9.92. The van der Waals surface area contributed by atoms with Gasteiger partial charge in [-0.05, 0) is 43.0 Å². The van der Waals surface area contributed by atoms with E-state index >= 15 is 0 Å². The van der Waals surface area contributed by atoms with Gasteiger partial charge in [0.25, 0.3) is 0 Å². The predicted octanol–water partition coefficient (Wildman–Crippen LogP) is 2.68. The first kappa shape index (κ1) is 13.6. The molecule has 1 aromatic carbocycles. The van der Waals surface area contributed by atoms with Gasteiger partial charge in [-0.1, -0.05) is 38.1 Å². The number of nitrogens with zero attached hydrogens (tertiary/aromatic N) is 1. The number of aryl methyl sites for hydroxylation is 1. The Balaban J connectivity index is 2.04. The molecule has 0 saturated heterocycles. The smallest absolute Gasteiger partial charge is 0.0236 e. The molecule has 2 heteroatoms. The zero-order chi connectivity index (χ0) is 13.0. The third-order valence-electron chi connectivity index (χ3n) is 3.74. The summed E-state index contributed by atoms with van der Waals surface area (Å²) in [4.78, 5) is 2.61. The molecule has 0 aromatic heterocycles. The van der Waals surface area contributed by atoms with E-state index in [9.17, 15) is 0 Å². The highest BCUT2D eigenvalue weighted by molar-refractivity contribution is 5.28. The topological polar surface area (TPSA) is 15.3 Å². The standard InChI is InChI=1S/C16H26N2/c1-16(2,12-17-3)13-18-10-6-9-14-7-4-5-8-15(14)11-18/h4-5,7-8,17H,6,9-13H2,1-3H3. The van der Waals surface area contributed by atoms with Crippen LogP contribution in [0.15, 0.2) is 24.3 Å². The van der Waals surface area contributed by atoms with E-state index in [4.69, 9.17) is 0 Å². The van der Waals surface area contributed by atoms with Crippen LogP contribution in [0.1, 0.15) is 31.4 Å². The summed E-state index contributed by atoms with van der Waals surface area (Å²) in [5, 5.41) is 3.31. The van der Waals surface area contributed by atoms with E-state index in [2.05, 4.69) is 48.3 Å². The van der Waals surface area contributed by atoms with Crippen LogP contribution in [0, 0.1) is 5.41 Å². The van der Waals surface area contributed by atoms with E-state index in [0.29, 0.717) is 5.41 Å². The molecule has 1 aliphatic heterocycles. The Morgan fingerprint density at radius 2 is 1.94 bits per heavy atom. The van der Waals surface area contributed by atoms with Crippen molar-refractivity contribution < 1.29 is 0 Å². The van der Waals surface area contributed by atoms with Crippen molar-refractivity contribution in [1.82, 2.24) is 10.2 Å². The van der Waals surface area contributed by atoms with Crippen LogP contribution in [-0.2, 0) is 13.0 Å². The molecule has 2 nitrogen and oxygen atoms in total. The van der Waals surface area contributed by atoms with E-state index in [1.165, 1.54) is 31.5 Å². The van der Waals surface area contributed by atoms with Gasteiger partial charge in [0.05, 0.1) is 0 Å². The van der Waals surface area contributed by atoms with E-state index in [-0.39, 0.29) is 0 Å². The molecule has 100 valence electrons. The van der Waals surface area contributed by atoms with Crippen molar-refractivity contribution in [3.8, 4) is 0 Å². The van der Waals surface area contributed by atoms with Gasteiger partial charge in [0.2, 0.25) is 0 Å². The molecular formula is C16H26N2. The normalized spacial score (nSPS) is 17.3. The quantitative estimate of drug-likeness (QED) is 0.878. The summed E-state index contributed by atoms with van der Waals surface area (Å²) in [6.45, 7) is 9.28. The second-order valence-corrected chi connectivity index (χ2v) is 6.28. The molecule has 0 aliphatic carbocycles. The van der Waals surface area contributed by atoms with E-state index < -0.39 is 0 Å². The minimum Gasteiger partial charge on any atom is -0.319 e. The maximum absolute atomic E-state index is 3.31. The molecule has 0 bridgehead atoms. The molecule has 0 unspecified atom stereocenters. The molecule has 2 rings (SSSR count). The van der Waals surface area contributed by atoms with Crippen LogP contribution in [-0.4, -0.2) is 31.6 Å². The first-order valence-corrected chi connectivity index (χ1v) is 7.04. The summed E-state index contributed by atoms with van der Waals surface area (Å²) >= 11 is 0. The summed E-state index contributed by atoms with van der Waals surface area (Å²) in [6, 6.07) is 8.91. The number of nitrogens with one attached hydrogen (secondary N) is 1. The number of benzene rings is 1. The average molecular weight is 246 g/mol. The number of hydrogen-bond donors (Lipinski definition) is 1. The maximum Gasteiger partial charge on any atom is 0.0236 e. The number of hydrogen-bond acceptors (Lipinski definition) is 2. The van der Waals surface area contributed by atoms with Crippen LogP contribution in [0.3, 0.4) is 0 Å². The van der Waals surface area contributed by atoms with Crippen LogP contribution in [0.2, 0.25) is 0 Å². The number of fused-ring (bicyclic) bond motifs is 1. The first-order chi connectivity index (χ1) is 8.61. The third-order valence-corrected chi connectivity index (χ3v) is 3.74. The Bertz CT molecular complexity index is 384. The molecular weight excluding hydrogens is 220 g/mol. The van der Waals surface area contributed by atoms with Gasteiger partial charge in [-0.25, -0.2) is 0 Å². The Morgan fingerprint density at radius 1 is 1.22 bits per heavy atom. The minimum atomic E-state index is 0.341. The lowest BCUT2D eigenvalue weighted by molar-refractivity contribution is 0.171. The fraction of sp³-hybridized carbons (Fsp3) is 0.625. The SMILES string of the molecule is CNCC(C)(C)CN1CCCc2ccccc2C1. The summed E-state index contributed by atoms with van der Waals surface area (Å²) in [5.41, 5.74) is 3.41. The van der Waals surface area contributed by atoms with E-state index in [1.807, 2.05) is 7.05 Å². The second-order valence-electron chi connectivity index (χ2n) is 6.28. The highest BCUT2D eigenvalue weighted by Crippen LogP contribution is 2.22. The second kappa shape index (κ2) is 5.85. The van der Waals surface area contributed by atoms with Gasteiger partial charge in [0, 0.05) is 19.6 Å². The van der Waals surface area contributed by atoms with Gasteiger partial charge in [-0.15, -0.1) is 0 Å². The summed E-state index contributed by atoms with van der Waals surface area (Å²) in [7, 11) is 2.04. The van der Waals surface area contributed by atoms with Crippen molar-refractivity contribution in [2.24, 2.45) is 5.41 Å². The summed E-state index contributed by atoms with van der Waals surface area (Å²) in [5.74, 6) is 0. The lowest BCUT2D eigenvalue weighted by Crippen LogP contribution is -2.39. The largest absolute Gasteiger partial charge is 0.319 e. The van der Waals surface area contributed by atoms with Crippen molar-refractivity contribution in [2.75, 3.05) is 26.7 Å². The zero-order valence-corrected chi connectivity index (χ0v) is 12.0. The van der Waals surface area contributed by atoms with Crippen molar-refractivity contribution in [3.05, 3.63) is 35.4 Å². The van der Waals surface area contributed by atoms with Crippen LogP contribution < -0.4 is 5.32 Å². The zero-order valence-electron chi connectivity index (χ0n) is 12.0. The van der Waals surface area contributed by atoms with Crippen LogP contribution in [0.25, 0.3) is 0 Å². The molecule has 0 fully saturated rings. The third kappa shape index (κ3) is 3.56. The molecule has 1 aliphatic rings. The summed E-state index contributed by atoms with van der Waals surface area (Å²) < 4.78 is 0. The summed E-state index contributed by atoms with van der Waals surface area (Å²) in [6.07, 6.45) is 2.52. The minimum absolute atomic E-state index is 0.341. The number of rotatable bonds is 4. The highest BCUT2D eigenvalue weighted by Gasteiger charge is 2.22. The van der Waals surface area contributed by atoms with Crippen molar-refractivity contribution in [2.45, 2.75) is 33.2 Å². The Hall–Kier alpha value is -0.860. The van der Waals surface area contributed by atoms with Crippen molar-refractivity contribution in [1.29, 1.82) is 0 Å². The van der Waals surface area contributed by atoms with Crippen LogP contribution in [0.4, 0.5) is 0 Å². The molecule has 1 N–H and O–H groups in total. The van der Waals surface area contributed by atoms with Gasteiger partial charge in [0.1, 0.15) is 0 Å². The predicted molar refractivity (Wildman–Crippen MR) is 77.7 cm³/mol. The molecule has 0 atom stereocenters. The van der Waals surface area contributed by atoms with Gasteiger partial charge < -0.3 is 5.32 Å². The lowest BCUT2D eigenvalue weighted by Gasteiger charge is -2.32. The van der Waals surface area contributed by atoms with Gasteiger partial charge in [-0.2, -0.15) is 0 Å². The van der Waals surface area contributed by atoms with Gasteiger partial charge in [0.15, 0.2) is 0 Å². The van der Waals surface area contributed by atoms with Crippen molar-refractivity contribution >= 4 is 0 Å². The maximum atomic E-state index is 3.31. The average Bonchev–Trinajstić information content (AvgIpc) is 2.49. The monoisotopic (exact) mass is 246 g/mol. The molecule has 0 amide bonds. The van der Waals surface area contributed by atoms with Crippen LogP contribution >= 0.6 is 0 Å². The molecule has 0 saturated carbocycles. The van der Waals surface area contributed by atoms with Gasteiger partial charge >= 0.3 is 0 Å². The fourth-order valence-electron chi connectivity index (χ4n) is 3.04.